The fourth-order valence-corrected chi connectivity index (χ4v) is 1.88. The number of carbonyl (C=O) groups is 2. The second-order valence-corrected chi connectivity index (χ2v) is 4.14. The molecule has 0 heterocycles. The lowest BCUT2D eigenvalue weighted by Crippen LogP contribution is -2.18. The molecule has 0 fully saturated rings. The van der Waals surface area contributed by atoms with Crippen molar-refractivity contribution < 1.29 is 19.4 Å². The number of amides is 1. The molecule has 0 aliphatic rings. The van der Waals surface area contributed by atoms with Gasteiger partial charge in [0.2, 0.25) is 0 Å². The van der Waals surface area contributed by atoms with Crippen LogP contribution in [0.4, 0.5) is 10.5 Å². The third-order valence-corrected chi connectivity index (χ3v) is 2.72. The highest BCUT2D eigenvalue weighted by Gasteiger charge is 2.19. The molecule has 0 bridgehead atoms. The van der Waals surface area contributed by atoms with Crippen molar-refractivity contribution in [1.29, 1.82) is 0 Å². The number of carboxylic acids is 1. The summed E-state index contributed by atoms with van der Waals surface area (Å²) in [6.45, 7) is 5.32. The van der Waals surface area contributed by atoms with Crippen molar-refractivity contribution in [3.63, 3.8) is 0 Å². The Morgan fingerprint density at radius 1 is 1.47 bits per heavy atom. The van der Waals surface area contributed by atoms with E-state index in [0.717, 1.165) is 5.56 Å². The average Bonchev–Trinajstić information content (AvgIpc) is 2.28. The van der Waals surface area contributed by atoms with Gasteiger partial charge in [0, 0.05) is 6.04 Å². The summed E-state index contributed by atoms with van der Waals surface area (Å²) in [6, 6.07) is 2.94. The van der Waals surface area contributed by atoms with Crippen LogP contribution in [-0.2, 0) is 4.74 Å². The van der Waals surface area contributed by atoms with E-state index >= 15 is 0 Å². The molecule has 1 aromatic rings. The van der Waals surface area contributed by atoms with Crippen LogP contribution in [0.1, 0.15) is 41.4 Å². The summed E-state index contributed by atoms with van der Waals surface area (Å²) >= 11 is 0. The molecule has 19 heavy (non-hydrogen) atoms. The SMILES string of the molecule is CCOC(=O)Nc1ccc(C(C)N)c(C)c1C(=O)O. The van der Waals surface area contributed by atoms with Crippen LogP contribution in [0.5, 0.6) is 0 Å². The molecule has 0 aliphatic carbocycles. The highest BCUT2D eigenvalue weighted by atomic mass is 16.5. The lowest BCUT2D eigenvalue weighted by atomic mass is 9.96. The summed E-state index contributed by atoms with van der Waals surface area (Å²) in [6.07, 6.45) is -0.682. The first-order valence-electron chi connectivity index (χ1n) is 5.94. The maximum absolute atomic E-state index is 11.4. The van der Waals surface area contributed by atoms with Crippen molar-refractivity contribution in [1.82, 2.24) is 0 Å². The Morgan fingerprint density at radius 2 is 2.11 bits per heavy atom. The molecule has 104 valence electrons. The van der Waals surface area contributed by atoms with Crippen molar-refractivity contribution >= 4 is 17.7 Å². The maximum atomic E-state index is 11.4. The zero-order chi connectivity index (χ0) is 14.6. The third-order valence-electron chi connectivity index (χ3n) is 2.72. The van der Waals surface area contributed by atoms with Crippen LogP contribution in [0.25, 0.3) is 0 Å². The molecule has 0 spiro atoms. The molecular formula is C13H18N2O4. The lowest BCUT2D eigenvalue weighted by Gasteiger charge is -2.16. The van der Waals surface area contributed by atoms with Crippen LogP contribution in [0, 0.1) is 6.92 Å². The first kappa shape index (κ1) is 15.0. The van der Waals surface area contributed by atoms with E-state index in [1.54, 1.807) is 26.8 Å². The summed E-state index contributed by atoms with van der Waals surface area (Å²) in [5.41, 5.74) is 7.28. The van der Waals surface area contributed by atoms with E-state index in [2.05, 4.69) is 5.32 Å². The standard InChI is InChI=1S/C13H18N2O4/c1-4-19-13(18)15-10-6-5-9(8(3)14)7(2)11(10)12(16)17/h5-6,8H,4,14H2,1-3H3,(H,15,18)(H,16,17). The quantitative estimate of drug-likeness (QED) is 0.776. The molecule has 1 amide bonds. The normalized spacial score (nSPS) is 11.8. The largest absolute Gasteiger partial charge is 0.478 e. The van der Waals surface area contributed by atoms with Crippen LogP contribution in [0.15, 0.2) is 12.1 Å². The van der Waals surface area contributed by atoms with Gasteiger partial charge in [0.25, 0.3) is 0 Å². The molecular weight excluding hydrogens is 248 g/mol. The van der Waals surface area contributed by atoms with E-state index in [1.807, 2.05) is 0 Å². The number of anilines is 1. The number of hydrogen-bond acceptors (Lipinski definition) is 4. The number of carbonyl (C=O) groups excluding carboxylic acids is 1. The predicted octanol–water partition coefficient (Wildman–Crippen LogP) is 2.28. The molecule has 6 nitrogen and oxygen atoms in total. The Morgan fingerprint density at radius 3 is 2.58 bits per heavy atom. The number of benzene rings is 1. The molecule has 0 aromatic heterocycles. The van der Waals surface area contributed by atoms with Crippen LogP contribution in [-0.4, -0.2) is 23.8 Å². The Hall–Kier alpha value is -2.08. The van der Waals surface area contributed by atoms with E-state index in [9.17, 15) is 14.7 Å². The van der Waals surface area contributed by atoms with Gasteiger partial charge in [-0.25, -0.2) is 9.59 Å². The van der Waals surface area contributed by atoms with Gasteiger partial charge in [-0.05, 0) is 38.0 Å². The fourth-order valence-electron chi connectivity index (χ4n) is 1.88. The number of aromatic carboxylic acids is 1. The highest BCUT2D eigenvalue weighted by molar-refractivity contribution is 6.00. The van der Waals surface area contributed by atoms with Gasteiger partial charge in [0.15, 0.2) is 0 Å². The minimum absolute atomic E-state index is 0.0304. The minimum Gasteiger partial charge on any atom is -0.478 e. The molecule has 0 aliphatic heterocycles. The zero-order valence-corrected chi connectivity index (χ0v) is 11.2. The summed E-state index contributed by atoms with van der Waals surface area (Å²) in [5.74, 6) is -1.12. The van der Waals surface area contributed by atoms with Gasteiger partial charge < -0.3 is 15.6 Å². The smallest absolute Gasteiger partial charge is 0.411 e. The molecule has 0 saturated carbocycles. The van der Waals surface area contributed by atoms with E-state index < -0.39 is 12.1 Å². The number of carboxylic acid groups (broad SMARTS) is 1. The van der Waals surface area contributed by atoms with Gasteiger partial charge in [0.1, 0.15) is 0 Å². The van der Waals surface area contributed by atoms with Crippen LogP contribution in [0.3, 0.4) is 0 Å². The fraction of sp³-hybridized carbons (Fsp3) is 0.385. The predicted molar refractivity (Wildman–Crippen MR) is 71.4 cm³/mol. The van der Waals surface area contributed by atoms with Gasteiger partial charge >= 0.3 is 12.1 Å². The van der Waals surface area contributed by atoms with E-state index in [1.165, 1.54) is 6.07 Å². The Kier molecular flexibility index (Phi) is 4.88. The second-order valence-electron chi connectivity index (χ2n) is 4.14. The third kappa shape index (κ3) is 3.45. The van der Waals surface area contributed by atoms with Gasteiger partial charge in [0.05, 0.1) is 17.9 Å². The summed E-state index contributed by atoms with van der Waals surface area (Å²) in [5, 5.41) is 11.7. The number of ether oxygens (including phenoxy) is 1. The number of hydrogen-bond donors (Lipinski definition) is 3. The molecule has 0 saturated heterocycles. The molecule has 6 heteroatoms. The van der Waals surface area contributed by atoms with Crippen molar-refractivity contribution in [3.05, 3.63) is 28.8 Å². The highest BCUT2D eigenvalue weighted by Crippen LogP contribution is 2.26. The first-order chi connectivity index (χ1) is 8.88. The topological polar surface area (TPSA) is 102 Å². The van der Waals surface area contributed by atoms with Gasteiger partial charge in [-0.1, -0.05) is 6.07 Å². The van der Waals surface area contributed by atoms with Crippen molar-refractivity contribution in [2.75, 3.05) is 11.9 Å². The summed E-state index contributed by atoms with van der Waals surface area (Å²) in [4.78, 5) is 22.7. The van der Waals surface area contributed by atoms with E-state index in [4.69, 9.17) is 10.5 Å². The van der Waals surface area contributed by atoms with Gasteiger partial charge in [-0.3, -0.25) is 5.32 Å². The molecule has 0 radical (unpaired) electrons. The Bertz CT molecular complexity index is 498. The number of nitrogens with one attached hydrogen (secondary N) is 1. The van der Waals surface area contributed by atoms with Crippen molar-refractivity contribution in [2.45, 2.75) is 26.8 Å². The Balaban J connectivity index is 3.22. The monoisotopic (exact) mass is 266 g/mol. The Labute approximate surface area is 111 Å². The van der Waals surface area contributed by atoms with Crippen molar-refractivity contribution in [3.8, 4) is 0 Å². The summed E-state index contributed by atoms with van der Waals surface area (Å²) in [7, 11) is 0. The van der Waals surface area contributed by atoms with E-state index in [-0.39, 0.29) is 23.9 Å². The van der Waals surface area contributed by atoms with Crippen molar-refractivity contribution in [2.24, 2.45) is 5.73 Å². The van der Waals surface area contributed by atoms with Crippen LogP contribution < -0.4 is 11.1 Å². The zero-order valence-electron chi connectivity index (χ0n) is 11.2. The molecule has 1 unspecified atom stereocenters. The second kappa shape index (κ2) is 6.19. The summed E-state index contributed by atoms with van der Waals surface area (Å²) < 4.78 is 4.73. The van der Waals surface area contributed by atoms with Crippen LogP contribution >= 0.6 is 0 Å². The first-order valence-corrected chi connectivity index (χ1v) is 5.94. The number of nitrogens with two attached hydrogens (primary N) is 1. The molecule has 4 N–H and O–H groups in total. The van der Waals surface area contributed by atoms with E-state index in [0.29, 0.717) is 5.56 Å². The van der Waals surface area contributed by atoms with Crippen LogP contribution in [0.2, 0.25) is 0 Å². The number of rotatable bonds is 4. The van der Waals surface area contributed by atoms with Gasteiger partial charge in [-0.2, -0.15) is 0 Å². The lowest BCUT2D eigenvalue weighted by molar-refractivity contribution is 0.0697. The molecule has 1 aromatic carbocycles. The molecule has 1 rings (SSSR count). The minimum atomic E-state index is -1.12. The maximum Gasteiger partial charge on any atom is 0.411 e. The molecule has 1 atom stereocenters. The van der Waals surface area contributed by atoms with Gasteiger partial charge in [-0.15, -0.1) is 0 Å². The average molecular weight is 266 g/mol.